The summed E-state index contributed by atoms with van der Waals surface area (Å²) >= 11 is 5.86. The Kier molecular flexibility index (Phi) is 5.90. The van der Waals surface area contributed by atoms with Crippen molar-refractivity contribution in [3.05, 3.63) is 65.7 Å². The summed E-state index contributed by atoms with van der Waals surface area (Å²) in [5.74, 6) is 1.52. The van der Waals surface area contributed by atoms with Gasteiger partial charge in [-0.1, -0.05) is 11.6 Å². The first-order valence-corrected chi connectivity index (χ1v) is 11.3. The van der Waals surface area contributed by atoms with Gasteiger partial charge in [0.15, 0.2) is 5.82 Å². The minimum atomic E-state index is -3.53. The third-order valence-corrected chi connectivity index (χ3v) is 7.22. The molecule has 2 aromatic carbocycles. The average molecular weight is 445 g/mol. The van der Waals surface area contributed by atoms with Crippen LogP contribution in [0.15, 0.2) is 65.6 Å². The van der Waals surface area contributed by atoms with E-state index in [0.29, 0.717) is 31.2 Å². The van der Waals surface area contributed by atoms with E-state index in [1.54, 1.807) is 19.2 Å². The van der Waals surface area contributed by atoms with Gasteiger partial charge in [0.25, 0.3) is 0 Å². The Bertz CT molecular complexity index is 1100. The van der Waals surface area contributed by atoms with E-state index in [-0.39, 0.29) is 4.90 Å². The molecule has 1 aliphatic rings. The highest BCUT2D eigenvalue weighted by Gasteiger charge is 2.29. The molecule has 0 spiro atoms. The lowest BCUT2D eigenvalue weighted by molar-refractivity contribution is 0.383. The molecular weight excluding hydrogens is 424 g/mol. The summed E-state index contributed by atoms with van der Waals surface area (Å²) in [7, 11) is -1.90. The summed E-state index contributed by atoms with van der Waals surface area (Å²) in [5.41, 5.74) is 1.72. The summed E-state index contributed by atoms with van der Waals surface area (Å²) < 4.78 is 32.3. The van der Waals surface area contributed by atoms with E-state index in [1.165, 1.54) is 16.4 Å². The molecule has 4 rings (SSSR count). The van der Waals surface area contributed by atoms with Crippen molar-refractivity contribution in [1.82, 2.24) is 14.5 Å². The quantitative estimate of drug-likeness (QED) is 0.601. The van der Waals surface area contributed by atoms with E-state index >= 15 is 0 Å². The van der Waals surface area contributed by atoms with E-state index < -0.39 is 10.0 Å². The number of piperazine rings is 1. The molecule has 0 unspecified atom stereocenters. The molecule has 156 valence electrons. The molecule has 1 aromatic heterocycles. The molecule has 30 heavy (non-hydrogen) atoms. The second-order valence-corrected chi connectivity index (χ2v) is 9.22. The lowest BCUT2D eigenvalue weighted by Crippen LogP contribution is -2.48. The highest BCUT2D eigenvalue weighted by atomic mass is 35.5. The van der Waals surface area contributed by atoms with Crippen molar-refractivity contribution in [2.45, 2.75) is 4.90 Å². The summed E-state index contributed by atoms with van der Waals surface area (Å²) in [5, 5.41) is 9.17. The van der Waals surface area contributed by atoms with Gasteiger partial charge in [-0.05, 0) is 60.7 Å². The Hall–Kier alpha value is -2.68. The smallest absolute Gasteiger partial charge is 0.243 e. The van der Waals surface area contributed by atoms with E-state index in [1.807, 2.05) is 41.3 Å². The molecule has 3 aromatic rings. The minimum absolute atomic E-state index is 0.254. The monoisotopic (exact) mass is 444 g/mol. The van der Waals surface area contributed by atoms with Crippen LogP contribution in [0.2, 0.25) is 5.02 Å². The van der Waals surface area contributed by atoms with Gasteiger partial charge in [0.2, 0.25) is 10.0 Å². The molecule has 1 aliphatic heterocycles. The average Bonchev–Trinajstić information content (AvgIpc) is 2.80. The number of benzene rings is 2. The van der Waals surface area contributed by atoms with Crippen LogP contribution >= 0.6 is 11.6 Å². The number of aromatic nitrogens is 2. The number of hydrogen-bond acceptors (Lipinski definition) is 6. The van der Waals surface area contributed by atoms with Crippen molar-refractivity contribution in [3.63, 3.8) is 0 Å². The molecular formula is C21H21ClN4O3S. The van der Waals surface area contributed by atoms with Crippen LogP contribution in [-0.4, -0.2) is 56.2 Å². The SMILES string of the molecule is COc1ccc(-c2ccc(N3CCN(S(=O)(=O)c4ccc(Cl)cc4)CC3)nn2)cc1. The Morgan fingerprint density at radius 2 is 1.53 bits per heavy atom. The largest absolute Gasteiger partial charge is 0.497 e. The van der Waals surface area contributed by atoms with E-state index in [0.717, 1.165) is 22.8 Å². The van der Waals surface area contributed by atoms with E-state index in [2.05, 4.69) is 10.2 Å². The van der Waals surface area contributed by atoms with Gasteiger partial charge < -0.3 is 9.64 Å². The number of nitrogens with zero attached hydrogens (tertiary/aromatic N) is 4. The Labute approximate surface area is 180 Å². The topological polar surface area (TPSA) is 75.6 Å². The number of rotatable bonds is 5. The standard InChI is InChI=1S/C21H21ClN4O3S/c1-29-18-6-2-16(3-7-18)20-10-11-21(24-23-20)25-12-14-26(15-13-25)30(27,28)19-8-4-17(22)5-9-19/h2-11H,12-15H2,1H3. The van der Waals surface area contributed by atoms with Crippen LogP contribution in [0.5, 0.6) is 5.75 Å². The number of halogens is 1. The highest BCUT2D eigenvalue weighted by molar-refractivity contribution is 7.89. The second kappa shape index (κ2) is 8.59. The molecule has 1 saturated heterocycles. The number of hydrogen-bond donors (Lipinski definition) is 0. The third kappa shape index (κ3) is 4.26. The molecule has 0 N–H and O–H groups in total. The number of sulfonamides is 1. The lowest BCUT2D eigenvalue weighted by atomic mass is 10.1. The normalized spacial score (nSPS) is 15.2. The maximum absolute atomic E-state index is 12.8. The molecule has 0 saturated carbocycles. The van der Waals surface area contributed by atoms with Crippen LogP contribution in [0, 0.1) is 0 Å². The van der Waals surface area contributed by atoms with Crippen molar-refractivity contribution in [2.24, 2.45) is 0 Å². The lowest BCUT2D eigenvalue weighted by Gasteiger charge is -2.34. The van der Waals surface area contributed by atoms with Crippen molar-refractivity contribution in [1.29, 1.82) is 0 Å². The van der Waals surface area contributed by atoms with Crippen molar-refractivity contribution in [2.75, 3.05) is 38.2 Å². The van der Waals surface area contributed by atoms with E-state index in [4.69, 9.17) is 16.3 Å². The summed E-state index contributed by atoms with van der Waals surface area (Å²) in [6.07, 6.45) is 0. The van der Waals surface area contributed by atoms with Gasteiger partial charge in [-0.2, -0.15) is 4.31 Å². The molecule has 9 heteroatoms. The van der Waals surface area contributed by atoms with Crippen LogP contribution in [0.25, 0.3) is 11.3 Å². The molecule has 0 atom stereocenters. The van der Waals surface area contributed by atoms with Gasteiger partial charge in [0.1, 0.15) is 5.75 Å². The van der Waals surface area contributed by atoms with Crippen LogP contribution < -0.4 is 9.64 Å². The Balaban J connectivity index is 1.42. The molecule has 0 bridgehead atoms. The first kappa shape index (κ1) is 20.6. The van der Waals surface area contributed by atoms with Crippen molar-refractivity contribution in [3.8, 4) is 17.0 Å². The minimum Gasteiger partial charge on any atom is -0.497 e. The van der Waals surface area contributed by atoms with E-state index in [9.17, 15) is 8.42 Å². The third-order valence-electron chi connectivity index (χ3n) is 5.05. The Morgan fingerprint density at radius 3 is 2.10 bits per heavy atom. The van der Waals surface area contributed by atoms with Gasteiger partial charge in [-0.25, -0.2) is 8.42 Å². The second-order valence-electron chi connectivity index (χ2n) is 6.85. The van der Waals surface area contributed by atoms with Crippen molar-refractivity contribution < 1.29 is 13.2 Å². The van der Waals surface area contributed by atoms with Gasteiger partial charge in [-0.15, -0.1) is 10.2 Å². The van der Waals surface area contributed by atoms with Gasteiger partial charge in [-0.3, -0.25) is 0 Å². The van der Waals surface area contributed by atoms with Gasteiger partial charge >= 0.3 is 0 Å². The van der Waals surface area contributed by atoms with Crippen molar-refractivity contribution >= 4 is 27.4 Å². The molecule has 0 amide bonds. The van der Waals surface area contributed by atoms with Gasteiger partial charge in [0.05, 0.1) is 17.7 Å². The molecule has 2 heterocycles. The number of ether oxygens (including phenoxy) is 1. The zero-order valence-electron chi connectivity index (χ0n) is 16.4. The first-order valence-electron chi connectivity index (χ1n) is 9.46. The first-order chi connectivity index (χ1) is 14.5. The predicted octanol–water partition coefficient (Wildman–Crippen LogP) is 3.32. The van der Waals surface area contributed by atoms with Gasteiger partial charge in [0, 0.05) is 36.8 Å². The fourth-order valence-electron chi connectivity index (χ4n) is 3.32. The fraction of sp³-hybridized carbons (Fsp3) is 0.238. The van der Waals surface area contributed by atoms with Crippen LogP contribution in [0.3, 0.4) is 0 Å². The predicted molar refractivity (Wildman–Crippen MR) is 116 cm³/mol. The maximum Gasteiger partial charge on any atom is 0.243 e. The summed E-state index contributed by atoms with van der Waals surface area (Å²) in [4.78, 5) is 2.29. The molecule has 1 fully saturated rings. The zero-order chi connectivity index (χ0) is 21.1. The maximum atomic E-state index is 12.8. The summed E-state index contributed by atoms with van der Waals surface area (Å²) in [6.45, 7) is 1.85. The van der Waals surface area contributed by atoms with Crippen LogP contribution in [0.1, 0.15) is 0 Å². The highest BCUT2D eigenvalue weighted by Crippen LogP contribution is 2.24. The van der Waals surface area contributed by atoms with Crippen LogP contribution in [-0.2, 0) is 10.0 Å². The molecule has 0 aliphatic carbocycles. The van der Waals surface area contributed by atoms with Crippen LogP contribution in [0.4, 0.5) is 5.82 Å². The summed E-state index contributed by atoms with van der Waals surface area (Å²) in [6, 6.07) is 17.7. The zero-order valence-corrected chi connectivity index (χ0v) is 18.0. The number of anilines is 1. The number of methoxy groups -OCH3 is 1. The molecule has 7 nitrogen and oxygen atoms in total. The Morgan fingerprint density at radius 1 is 0.867 bits per heavy atom. The molecule has 0 radical (unpaired) electrons. The fourth-order valence-corrected chi connectivity index (χ4v) is 4.87.